The molecular weight excluding hydrogens is 200 g/mol. The van der Waals surface area contributed by atoms with E-state index in [-0.39, 0.29) is 23.9 Å². The van der Waals surface area contributed by atoms with Crippen molar-refractivity contribution in [1.29, 1.82) is 0 Å². The maximum Gasteiger partial charge on any atom is 0.225 e. The second-order valence-corrected chi connectivity index (χ2v) is 4.57. The smallest absolute Gasteiger partial charge is 0.225 e. The van der Waals surface area contributed by atoms with Crippen LogP contribution in [0.3, 0.4) is 0 Å². The van der Waals surface area contributed by atoms with E-state index in [9.17, 15) is 4.79 Å². The fourth-order valence-electron chi connectivity index (χ4n) is 2.25. The summed E-state index contributed by atoms with van der Waals surface area (Å²) in [5.41, 5.74) is 5.96. The van der Waals surface area contributed by atoms with E-state index >= 15 is 0 Å². The molecular formula is C13H22N2O. The van der Waals surface area contributed by atoms with Gasteiger partial charge in [0.05, 0.1) is 12.0 Å². The van der Waals surface area contributed by atoms with Crippen molar-refractivity contribution in [2.24, 2.45) is 11.7 Å². The molecule has 1 amide bonds. The molecule has 0 radical (unpaired) electrons. The Morgan fingerprint density at radius 2 is 2.25 bits per heavy atom. The van der Waals surface area contributed by atoms with Crippen molar-refractivity contribution >= 4 is 5.91 Å². The average molecular weight is 222 g/mol. The number of amides is 1. The summed E-state index contributed by atoms with van der Waals surface area (Å²) in [5.74, 6) is 2.62. The Balaban J connectivity index is 2.47. The van der Waals surface area contributed by atoms with Gasteiger partial charge in [0.25, 0.3) is 0 Å². The maximum atomic E-state index is 12.0. The Morgan fingerprint density at radius 3 is 2.81 bits per heavy atom. The average Bonchev–Trinajstić information content (AvgIpc) is 2.28. The van der Waals surface area contributed by atoms with Gasteiger partial charge in [0.2, 0.25) is 5.91 Å². The van der Waals surface area contributed by atoms with E-state index in [1.165, 1.54) is 0 Å². The summed E-state index contributed by atoms with van der Waals surface area (Å²) >= 11 is 0. The standard InChI is InChI=1S/C13H22N2O/c1-3-7-10(4-2)15-13(16)11-8-5-6-9-12(11)14/h2,10-12H,3,5-9,14H2,1H3,(H,15,16). The quantitative estimate of drug-likeness (QED) is 0.707. The number of nitrogens with two attached hydrogens (primary N) is 1. The van der Waals surface area contributed by atoms with Crippen LogP contribution in [0.25, 0.3) is 0 Å². The monoisotopic (exact) mass is 222 g/mol. The molecule has 0 heterocycles. The lowest BCUT2D eigenvalue weighted by Crippen LogP contribution is -2.46. The summed E-state index contributed by atoms with van der Waals surface area (Å²) in [4.78, 5) is 12.0. The van der Waals surface area contributed by atoms with Gasteiger partial charge in [0.1, 0.15) is 0 Å². The molecule has 3 heteroatoms. The van der Waals surface area contributed by atoms with E-state index in [4.69, 9.17) is 12.2 Å². The van der Waals surface area contributed by atoms with Crippen LogP contribution >= 0.6 is 0 Å². The summed E-state index contributed by atoms with van der Waals surface area (Å²) in [6, 6.07) is -0.125. The summed E-state index contributed by atoms with van der Waals surface area (Å²) < 4.78 is 0. The number of terminal acetylenes is 1. The fourth-order valence-corrected chi connectivity index (χ4v) is 2.25. The van der Waals surface area contributed by atoms with Crippen LogP contribution in [0.1, 0.15) is 45.4 Å². The Morgan fingerprint density at radius 1 is 1.56 bits per heavy atom. The molecule has 0 aromatic rings. The molecule has 0 bridgehead atoms. The minimum atomic E-state index is -0.133. The molecule has 16 heavy (non-hydrogen) atoms. The molecule has 3 N–H and O–H groups in total. The minimum absolute atomic E-state index is 0.00815. The fraction of sp³-hybridized carbons (Fsp3) is 0.769. The second kappa shape index (κ2) is 6.55. The molecule has 1 rings (SSSR count). The van der Waals surface area contributed by atoms with Crippen LogP contribution < -0.4 is 11.1 Å². The third-order valence-electron chi connectivity index (χ3n) is 3.25. The van der Waals surface area contributed by atoms with Gasteiger partial charge in [-0.15, -0.1) is 6.42 Å². The SMILES string of the molecule is C#CC(CCC)NC(=O)C1CCCCC1N. The molecule has 1 aliphatic carbocycles. The van der Waals surface area contributed by atoms with Crippen molar-refractivity contribution in [3.63, 3.8) is 0 Å². The predicted molar refractivity (Wildman–Crippen MR) is 65.6 cm³/mol. The van der Waals surface area contributed by atoms with Crippen molar-refractivity contribution in [2.45, 2.75) is 57.5 Å². The first-order chi connectivity index (χ1) is 7.69. The highest BCUT2D eigenvalue weighted by Gasteiger charge is 2.28. The first-order valence-electron chi connectivity index (χ1n) is 6.21. The van der Waals surface area contributed by atoms with Gasteiger partial charge in [0, 0.05) is 6.04 Å². The lowest BCUT2D eigenvalue weighted by atomic mass is 9.84. The zero-order valence-corrected chi connectivity index (χ0v) is 10.0. The van der Waals surface area contributed by atoms with Gasteiger partial charge in [-0.2, -0.15) is 0 Å². The molecule has 0 aromatic carbocycles. The van der Waals surface area contributed by atoms with Crippen molar-refractivity contribution in [3.8, 4) is 12.3 Å². The topological polar surface area (TPSA) is 55.1 Å². The van der Waals surface area contributed by atoms with E-state index in [1.807, 2.05) is 0 Å². The lowest BCUT2D eigenvalue weighted by molar-refractivity contribution is -0.126. The van der Waals surface area contributed by atoms with Crippen molar-refractivity contribution in [2.75, 3.05) is 0 Å². The van der Waals surface area contributed by atoms with E-state index in [0.29, 0.717) is 0 Å². The molecule has 1 saturated carbocycles. The minimum Gasteiger partial charge on any atom is -0.342 e. The molecule has 0 saturated heterocycles. The van der Waals surface area contributed by atoms with Gasteiger partial charge >= 0.3 is 0 Å². The summed E-state index contributed by atoms with van der Waals surface area (Å²) in [6.07, 6.45) is 11.3. The third-order valence-corrected chi connectivity index (χ3v) is 3.25. The van der Waals surface area contributed by atoms with Crippen molar-refractivity contribution in [1.82, 2.24) is 5.32 Å². The second-order valence-electron chi connectivity index (χ2n) is 4.57. The van der Waals surface area contributed by atoms with E-state index in [1.54, 1.807) is 0 Å². The van der Waals surface area contributed by atoms with Crippen LogP contribution in [0, 0.1) is 18.3 Å². The summed E-state index contributed by atoms with van der Waals surface area (Å²) in [5, 5.41) is 2.91. The van der Waals surface area contributed by atoms with Gasteiger partial charge in [-0.05, 0) is 19.3 Å². The molecule has 3 atom stereocenters. The molecule has 1 fully saturated rings. The van der Waals surface area contributed by atoms with Crippen LogP contribution in [0.4, 0.5) is 0 Å². The van der Waals surface area contributed by atoms with Gasteiger partial charge in [0.15, 0.2) is 0 Å². The number of hydrogen-bond acceptors (Lipinski definition) is 2. The van der Waals surface area contributed by atoms with E-state index < -0.39 is 0 Å². The first kappa shape index (κ1) is 13.1. The zero-order valence-electron chi connectivity index (χ0n) is 10.0. The number of carbonyl (C=O) groups is 1. The summed E-state index contributed by atoms with van der Waals surface area (Å²) in [6.45, 7) is 2.06. The highest BCUT2D eigenvalue weighted by Crippen LogP contribution is 2.23. The predicted octanol–water partition coefficient (Wildman–Crippen LogP) is 1.42. The molecule has 1 aliphatic rings. The highest BCUT2D eigenvalue weighted by molar-refractivity contribution is 5.80. The number of carbonyl (C=O) groups excluding carboxylic acids is 1. The Hall–Kier alpha value is -1.01. The van der Waals surface area contributed by atoms with Gasteiger partial charge < -0.3 is 11.1 Å². The summed E-state index contributed by atoms with van der Waals surface area (Å²) in [7, 11) is 0. The van der Waals surface area contributed by atoms with Crippen LogP contribution in [0.2, 0.25) is 0 Å². The molecule has 3 unspecified atom stereocenters. The van der Waals surface area contributed by atoms with E-state index in [0.717, 1.165) is 38.5 Å². The maximum absolute atomic E-state index is 12.0. The van der Waals surface area contributed by atoms with Gasteiger partial charge in [-0.3, -0.25) is 4.79 Å². The molecule has 3 nitrogen and oxygen atoms in total. The van der Waals surface area contributed by atoms with Crippen molar-refractivity contribution < 1.29 is 4.79 Å². The van der Waals surface area contributed by atoms with Gasteiger partial charge in [-0.25, -0.2) is 0 Å². The normalized spacial score (nSPS) is 26.8. The first-order valence-corrected chi connectivity index (χ1v) is 6.21. The Labute approximate surface area is 98.2 Å². The zero-order chi connectivity index (χ0) is 12.0. The van der Waals surface area contributed by atoms with Gasteiger partial charge in [-0.1, -0.05) is 32.1 Å². The Bertz CT molecular complexity index is 270. The Kier molecular flexibility index (Phi) is 5.34. The lowest BCUT2D eigenvalue weighted by Gasteiger charge is -2.28. The molecule has 0 spiro atoms. The number of hydrogen-bond donors (Lipinski definition) is 2. The molecule has 90 valence electrons. The number of rotatable bonds is 4. The van der Waals surface area contributed by atoms with Crippen LogP contribution in [0.5, 0.6) is 0 Å². The molecule has 0 aromatic heterocycles. The number of nitrogens with one attached hydrogen (secondary N) is 1. The van der Waals surface area contributed by atoms with Crippen LogP contribution in [0.15, 0.2) is 0 Å². The third kappa shape index (κ3) is 3.53. The van der Waals surface area contributed by atoms with Crippen LogP contribution in [-0.4, -0.2) is 18.0 Å². The highest BCUT2D eigenvalue weighted by atomic mass is 16.2. The van der Waals surface area contributed by atoms with Crippen LogP contribution in [-0.2, 0) is 4.79 Å². The molecule has 0 aliphatic heterocycles. The van der Waals surface area contributed by atoms with E-state index in [2.05, 4.69) is 18.2 Å². The largest absolute Gasteiger partial charge is 0.342 e. The van der Waals surface area contributed by atoms with Crippen molar-refractivity contribution in [3.05, 3.63) is 0 Å².